The molecule has 0 aliphatic carbocycles. The Labute approximate surface area is 93.5 Å². The highest BCUT2D eigenvalue weighted by Crippen LogP contribution is 2.04. The van der Waals surface area contributed by atoms with Gasteiger partial charge in [-0.05, 0) is 24.0 Å². The third kappa shape index (κ3) is 2.25. The van der Waals surface area contributed by atoms with Crippen molar-refractivity contribution in [2.75, 3.05) is 32.0 Å². The Balaban J connectivity index is 2.01. The van der Waals surface area contributed by atoms with E-state index in [0.29, 0.717) is 5.65 Å². The second-order valence-corrected chi connectivity index (χ2v) is 3.56. The number of hydrogen-bond donors (Lipinski definition) is 1. The van der Waals surface area contributed by atoms with Gasteiger partial charge >= 0.3 is 0 Å². The van der Waals surface area contributed by atoms with Crippen molar-refractivity contribution >= 4 is 11.5 Å². The average molecular weight is 221 g/mol. The highest BCUT2D eigenvalue weighted by Gasteiger charge is 2.03. The predicted octanol–water partition coefficient (Wildman–Crippen LogP) is -0.117. The van der Waals surface area contributed by atoms with Crippen LogP contribution in [0.4, 0.5) is 5.82 Å². The molecule has 0 fully saturated rings. The van der Waals surface area contributed by atoms with E-state index < -0.39 is 0 Å². The first-order valence-corrected chi connectivity index (χ1v) is 5.25. The van der Waals surface area contributed by atoms with Gasteiger partial charge < -0.3 is 10.2 Å². The number of nitrogens with zero attached hydrogens (tertiary/aromatic N) is 6. The van der Waals surface area contributed by atoms with E-state index in [9.17, 15) is 0 Å². The summed E-state index contributed by atoms with van der Waals surface area (Å²) in [6, 6.07) is 0. The summed E-state index contributed by atoms with van der Waals surface area (Å²) in [7, 11) is 2.08. The van der Waals surface area contributed by atoms with Crippen molar-refractivity contribution in [3.8, 4) is 0 Å². The van der Waals surface area contributed by atoms with Crippen molar-refractivity contribution in [1.82, 2.24) is 29.9 Å². The molecule has 1 N–H and O–H groups in total. The lowest BCUT2D eigenvalue weighted by atomic mass is 10.5. The fourth-order valence-electron chi connectivity index (χ4n) is 1.33. The molecule has 16 heavy (non-hydrogen) atoms. The maximum absolute atomic E-state index is 4.06. The first-order chi connectivity index (χ1) is 7.81. The van der Waals surface area contributed by atoms with Crippen molar-refractivity contribution < 1.29 is 0 Å². The second-order valence-electron chi connectivity index (χ2n) is 3.56. The number of tetrazole rings is 1. The quantitative estimate of drug-likeness (QED) is 0.759. The molecule has 0 atom stereocenters. The van der Waals surface area contributed by atoms with Gasteiger partial charge in [0.2, 0.25) is 0 Å². The Hall–Kier alpha value is -1.76. The third-order valence-electron chi connectivity index (χ3n) is 2.45. The first kappa shape index (κ1) is 10.7. The van der Waals surface area contributed by atoms with Gasteiger partial charge in [-0.3, -0.25) is 4.98 Å². The SMILES string of the molecule is CCN(C)CCNc1cncc2nnnn12. The highest BCUT2D eigenvalue weighted by atomic mass is 15.5. The Morgan fingerprint density at radius 1 is 1.44 bits per heavy atom. The number of rotatable bonds is 5. The molecular formula is C9H15N7. The maximum atomic E-state index is 4.06. The minimum absolute atomic E-state index is 0.647. The number of aromatic nitrogens is 5. The van der Waals surface area contributed by atoms with E-state index in [4.69, 9.17) is 0 Å². The van der Waals surface area contributed by atoms with E-state index in [1.165, 1.54) is 0 Å². The second kappa shape index (κ2) is 4.84. The van der Waals surface area contributed by atoms with Gasteiger partial charge in [0.25, 0.3) is 0 Å². The van der Waals surface area contributed by atoms with E-state index in [2.05, 4.69) is 44.7 Å². The molecule has 0 saturated carbocycles. The molecule has 2 heterocycles. The third-order valence-corrected chi connectivity index (χ3v) is 2.45. The van der Waals surface area contributed by atoms with Crippen LogP contribution in [0.15, 0.2) is 12.4 Å². The van der Waals surface area contributed by atoms with E-state index in [0.717, 1.165) is 25.5 Å². The van der Waals surface area contributed by atoms with Crippen LogP contribution in [0.3, 0.4) is 0 Å². The van der Waals surface area contributed by atoms with Gasteiger partial charge in [-0.25, -0.2) is 0 Å². The van der Waals surface area contributed by atoms with E-state index >= 15 is 0 Å². The fourth-order valence-corrected chi connectivity index (χ4v) is 1.33. The minimum Gasteiger partial charge on any atom is -0.367 e. The van der Waals surface area contributed by atoms with Gasteiger partial charge in [0.1, 0.15) is 5.82 Å². The van der Waals surface area contributed by atoms with Gasteiger partial charge in [0.15, 0.2) is 5.65 Å². The van der Waals surface area contributed by atoms with E-state index in [1.807, 2.05) is 0 Å². The van der Waals surface area contributed by atoms with Crippen LogP contribution in [0.5, 0.6) is 0 Å². The molecule has 2 rings (SSSR count). The van der Waals surface area contributed by atoms with Crippen molar-refractivity contribution in [3.63, 3.8) is 0 Å². The summed E-state index contributed by atoms with van der Waals surface area (Å²) in [4.78, 5) is 6.29. The zero-order chi connectivity index (χ0) is 11.4. The molecule has 0 radical (unpaired) electrons. The molecule has 0 unspecified atom stereocenters. The van der Waals surface area contributed by atoms with Crippen LogP contribution in [0.1, 0.15) is 6.92 Å². The standard InChI is InChI=1S/C9H15N7/c1-3-15(2)5-4-11-8-6-10-7-9-12-13-14-16(8)9/h6-7,11H,3-5H2,1-2H3. The normalized spacial score (nSPS) is 11.2. The zero-order valence-electron chi connectivity index (χ0n) is 9.46. The van der Waals surface area contributed by atoms with Gasteiger partial charge in [-0.2, -0.15) is 4.52 Å². The van der Waals surface area contributed by atoms with Crippen molar-refractivity contribution in [2.24, 2.45) is 0 Å². The summed E-state index contributed by atoms with van der Waals surface area (Å²) in [5.41, 5.74) is 0.647. The molecular weight excluding hydrogens is 206 g/mol. The topological polar surface area (TPSA) is 71.2 Å². The van der Waals surface area contributed by atoms with Crippen LogP contribution >= 0.6 is 0 Å². The Morgan fingerprint density at radius 3 is 3.12 bits per heavy atom. The van der Waals surface area contributed by atoms with Crippen LogP contribution < -0.4 is 5.32 Å². The Kier molecular flexibility index (Phi) is 3.25. The van der Waals surface area contributed by atoms with Crippen molar-refractivity contribution in [1.29, 1.82) is 0 Å². The summed E-state index contributed by atoms with van der Waals surface area (Å²) in [5, 5.41) is 14.6. The number of nitrogens with one attached hydrogen (secondary N) is 1. The molecule has 0 spiro atoms. The van der Waals surface area contributed by atoms with Crippen LogP contribution in [0.2, 0.25) is 0 Å². The Bertz CT molecular complexity index is 452. The lowest BCUT2D eigenvalue weighted by Gasteiger charge is -2.14. The number of hydrogen-bond acceptors (Lipinski definition) is 6. The molecule has 7 nitrogen and oxygen atoms in total. The number of likely N-dealkylation sites (N-methyl/N-ethyl adjacent to an activating group) is 1. The lowest BCUT2D eigenvalue weighted by molar-refractivity contribution is 0.367. The van der Waals surface area contributed by atoms with Crippen LogP contribution in [0.25, 0.3) is 5.65 Å². The van der Waals surface area contributed by atoms with Gasteiger partial charge in [0.05, 0.1) is 12.4 Å². The smallest absolute Gasteiger partial charge is 0.199 e. The predicted molar refractivity (Wildman–Crippen MR) is 60.2 cm³/mol. The monoisotopic (exact) mass is 221 g/mol. The summed E-state index contributed by atoms with van der Waals surface area (Å²) < 4.78 is 1.64. The molecule has 7 heteroatoms. The highest BCUT2D eigenvalue weighted by molar-refractivity contribution is 5.43. The molecule has 86 valence electrons. The van der Waals surface area contributed by atoms with Crippen LogP contribution in [-0.2, 0) is 0 Å². The summed E-state index contributed by atoms with van der Waals surface area (Å²) in [5.74, 6) is 0.812. The Morgan fingerprint density at radius 2 is 2.31 bits per heavy atom. The molecule has 0 bridgehead atoms. The summed E-state index contributed by atoms with van der Waals surface area (Å²) in [6.45, 7) is 4.97. The average Bonchev–Trinajstić information content (AvgIpc) is 2.77. The van der Waals surface area contributed by atoms with Crippen molar-refractivity contribution in [2.45, 2.75) is 6.92 Å². The number of anilines is 1. The van der Waals surface area contributed by atoms with Crippen LogP contribution in [-0.4, -0.2) is 56.6 Å². The largest absolute Gasteiger partial charge is 0.367 e. The van der Waals surface area contributed by atoms with E-state index in [-0.39, 0.29) is 0 Å². The minimum atomic E-state index is 0.647. The summed E-state index contributed by atoms with van der Waals surface area (Å²) in [6.07, 6.45) is 3.35. The zero-order valence-corrected chi connectivity index (χ0v) is 9.46. The molecule has 2 aromatic heterocycles. The molecule has 0 aromatic carbocycles. The molecule has 2 aromatic rings. The van der Waals surface area contributed by atoms with E-state index in [1.54, 1.807) is 16.9 Å². The number of fused-ring (bicyclic) bond motifs is 1. The van der Waals surface area contributed by atoms with Crippen molar-refractivity contribution in [3.05, 3.63) is 12.4 Å². The molecule has 0 amide bonds. The molecule has 0 aliphatic heterocycles. The first-order valence-electron chi connectivity index (χ1n) is 5.25. The molecule has 0 saturated heterocycles. The van der Waals surface area contributed by atoms with Gasteiger partial charge in [-0.1, -0.05) is 6.92 Å². The molecule has 0 aliphatic rings. The van der Waals surface area contributed by atoms with Crippen LogP contribution in [0, 0.1) is 0 Å². The van der Waals surface area contributed by atoms with Gasteiger partial charge in [-0.15, -0.1) is 5.10 Å². The lowest BCUT2D eigenvalue weighted by Crippen LogP contribution is -2.25. The maximum Gasteiger partial charge on any atom is 0.199 e. The summed E-state index contributed by atoms with van der Waals surface area (Å²) >= 11 is 0. The fraction of sp³-hybridized carbons (Fsp3) is 0.556. The van der Waals surface area contributed by atoms with Gasteiger partial charge in [0, 0.05) is 13.1 Å².